The van der Waals surface area contributed by atoms with Crippen molar-refractivity contribution >= 4 is 11.6 Å². The molecular formula is C20H22N6O. The molecule has 3 aromatic rings. The Balaban J connectivity index is 1.35. The molecule has 0 saturated carbocycles. The zero-order valence-electron chi connectivity index (χ0n) is 15.1. The second-order valence-electron chi connectivity index (χ2n) is 7.23. The van der Waals surface area contributed by atoms with Gasteiger partial charge in [-0.1, -0.05) is 30.3 Å². The maximum atomic E-state index is 12.1. The van der Waals surface area contributed by atoms with Crippen LogP contribution in [0, 0.1) is 0 Å². The van der Waals surface area contributed by atoms with Gasteiger partial charge in [0.1, 0.15) is 6.04 Å². The molecule has 2 aromatic heterocycles. The van der Waals surface area contributed by atoms with Crippen molar-refractivity contribution in [3.8, 4) is 11.1 Å². The third kappa shape index (κ3) is 3.09. The zero-order valence-corrected chi connectivity index (χ0v) is 15.1. The number of hydrogen-bond acceptors (Lipinski definition) is 5. The molecule has 0 radical (unpaired) electrons. The standard InChI is InChI=1S/C20H22N6O/c27-20-18-14-24(8-9-25(18)7-6-21-20)12-15-10-22-19-17(11-23-26(19)13-15)16-4-2-1-3-5-16/h1-5,10-11,13,18H,6-9,12,14H2,(H,21,27)/t18-/m0/s1. The van der Waals surface area contributed by atoms with Gasteiger partial charge in [-0.05, 0) is 5.56 Å². The van der Waals surface area contributed by atoms with Gasteiger partial charge in [0.2, 0.25) is 5.91 Å². The molecule has 7 heteroatoms. The van der Waals surface area contributed by atoms with E-state index >= 15 is 0 Å². The topological polar surface area (TPSA) is 65.8 Å². The Morgan fingerprint density at radius 3 is 2.89 bits per heavy atom. The second-order valence-corrected chi connectivity index (χ2v) is 7.23. The van der Waals surface area contributed by atoms with Crippen molar-refractivity contribution < 1.29 is 4.79 Å². The maximum Gasteiger partial charge on any atom is 0.238 e. The molecular weight excluding hydrogens is 340 g/mol. The number of nitrogens with zero attached hydrogens (tertiary/aromatic N) is 5. The summed E-state index contributed by atoms with van der Waals surface area (Å²) in [4.78, 5) is 21.4. The van der Waals surface area contributed by atoms with Crippen molar-refractivity contribution in [2.75, 3.05) is 32.7 Å². The van der Waals surface area contributed by atoms with E-state index in [0.29, 0.717) is 0 Å². The number of amides is 1. The third-order valence-corrected chi connectivity index (χ3v) is 5.48. The first-order chi connectivity index (χ1) is 13.3. The minimum absolute atomic E-state index is 0.0291. The average molecular weight is 362 g/mol. The summed E-state index contributed by atoms with van der Waals surface area (Å²) in [5.74, 6) is 0.152. The predicted octanol–water partition coefficient (Wildman–Crippen LogP) is 1.01. The second kappa shape index (κ2) is 6.75. The van der Waals surface area contributed by atoms with Crippen LogP contribution >= 0.6 is 0 Å². The largest absolute Gasteiger partial charge is 0.353 e. The van der Waals surface area contributed by atoms with Crippen LogP contribution < -0.4 is 5.32 Å². The summed E-state index contributed by atoms with van der Waals surface area (Å²) in [5, 5.41) is 7.46. The molecule has 2 saturated heterocycles. The quantitative estimate of drug-likeness (QED) is 0.753. The van der Waals surface area contributed by atoms with E-state index in [1.54, 1.807) is 0 Å². The van der Waals surface area contributed by atoms with Gasteiger partial charge in [0.05, 0.1) is 6.20 Å². The highest BCUT2D eigenvalue weighted by Gasteiger charge is 2.34. The predicted molar refractivity (Wildman–Crippen MR) is 102 cm³/mol. The van der Waals surface area contributed by atoms with E-state index in [1.165, 1.54) is 0 Å². The van der Waals surface area contributed by atoms with Crippen LogP contribution in [0.25, 0.3) is 16.8 Å². The van der Waals surface area contributed by atoms with Crippen molar-refractivity contribution in [3.05, 3.63) is 54.5 Å². The number of hydrogen-bond donors (Lipinski definition) is 1. The molecule has 0 unspecified atom stereocenters. The highest BCUT2D eigenvalue weighted by Crippen LogP contribution is 2.23. The molecule has 2 aliphatic heterocycles. The van der Waals surface area contributed by atoms with Crippen LogP contribution in [0.15, 0.2) is 48.9 Å². The Morgan fingerprint density at radius 2 is 2.00 bits per heavy atom. The Hall–Kier alpha value is -2.77. The van der Waals surface area contributed by atoms with E-state index in [2.05, 4.69) is 37.3 Å². The van der Waals surface area contributed by atoms with Gasteiger partial charge >= 0.3 is 0 Å². The van der Waals surface area contributed by atoms with Crippen molar-refractivity contribution in [2.24, 2.45) is 0 Å². The fourth-order valence-corrected chi connectivity index (χ4v) is 4.05. The van der Waals surface area contributed by atoms with Gasteiger partial charge in [-0.25, -0.2) is 9.50 Å². The molecule has 4 heterocycles. The molecule has 27 heavy (non-hydrogen) atoms. The number of carbonyl (C=O) groups is 1. The van der Waals surface area contributed by atoms with E-state index in [1.807, 2.05) is 41.3 Å². The van der Waals surface area contributed by atoms with E-state index in [0.717, 1.165) is 61.6 Å². The van der Waals surface area contributed by atoms with Crippen LogP contribution in [0.1, 0.15) is 5.56 Å². The van der Waals surface area contributed by atoms with E-state index in [-0.39, 0.29) is 11.9 Å². The Morgan fingerprint density at radius 1 is 1.11 bits per heavy atom. The number of carbonyl (C=O) groups excluding carboxylic acids is 1. The van der Waals surface area contributed by atoms with Crippen molar-refractivity contribution in [2.45, 2.75) is 12.6 Å². The number of fused-ring (bicyclic) bond motifs is 2. The van der Waals surface area contributed by atoms with E-state index in [4.69, 9.17) is 0 Å². The summed E-state index contributed by atoms with van der Waals surface area (Å²) >= 11 is 0. The molecule has 7 nitrogen and oxygen atoms in total. The fraction of sp³-hybridized carbons (Fsp3) is 0.350. The summed E-state index contributed by atoms with van der Waals surface area (Å²) in [7, 11) is 0. The first-order valence-electron chi connectivity index (χ1n) is 9.40. The van der Waals surface area contributed by atoms with Gasteiger partial charge in [0, 0.05) is 62.8 Å². The maximum absolute atomic E-state index is 12.1. The Kier molecular flexibility index (Phi) is 4.10. The van der Waals surface area contributed by atoms with Crippen molar-refractivity contribution in [1.82, 2.24) is 29.7 Å². The van der Waals surface area contributed by atoms with Gasteiger partial charge < -0.3 is 5.32 Å². The summed E-state index contributed by atoms with van der Waals surface area (Å²) in [6.45, 7) is 5.16. The Labute approximate surface area is 157 Å². The zero-order chi connectivity index (χ0) is 18.2. The van der Waals surface area contributed by atoms with E-state index in [9.17, 15) is 4.79 Å². The van der Waals surface area contributed by atoms with E-state index < -0.39 is 0 Å². The molecule has 5 rings (SSSR count). The van der Waals surface area contributed by atoms with Gasteiger partial charge in [0.25, 0.3) is 0 Å². The molecule has 0 aliphatic carbocycles. The van der Waals surface area contributed by atoms with Gasteiger partial charge in [-0.2, -0.15) is 5.10 Å². The van der Waals surface area contributed by atoms with Crippen molar-refractivity contribution in [1.29, 1.82) is 0 Å². The molecule has 0 spiro atoms. The van der Waals surface area contributed by atoms with Gasteiger partial charge in [-0.15, -0.1) is 0 Å². The summed E-state index contributed by atoms with van der Waals surface area (Å²) in [6, 6.07) is 10.2. The van der Waals surface area contributed by atoms with Crippen LogP contribution in [-0.2, 0) is 11.3 Å². The van der Waals surface area contributed by atoms with Crippen molar-refractivity contribution in [3.63, 3.8) is 0 Å². The minimum atomic E-state index is -0.0291. The van der Waals surface area contributed by atoms with Gasteiger partial charge in [-0.3, -0.25) is 14.6 Å². The molecule has 1 N–H and O–H groups in total. The average Bonchev–Trinajstić information content (AvgIpc) is 3.13. The lowest BCUT2D eigenvalue weighted by Gasteiger charge is -2.43. The first-order valence-corrected chi connectivity index (χ1v) is 9.40. The first kappa shape index (κ1) is 16.4. The number of aromatic nitrogens is 3. The highest BCUT2D eigenvalue weighted by molar-refractivity contribution is 5.82. The minimum Gasteiger partial charge on any atom is -0.353 e. The fourth-order valence-electron chi connectivity index (χ4n) is 4.05. The summed E-state index contributed by atoms with van der Waals surface area (Å²) in [5.41, 5.74) is 4.12. The summed E-state index contributed by atoms with van der Waals surface area (Å²) < 4.78 is 1.85. The number of piperazine rings is 2. The van der Waals surface area contributed by atoms with Crippen LogP contribution in [0.3, 0.4) is 0 Å². The third-order valence-electron chi connectivity index (χ3n) is 5.48. The molecule has 2 fully saturated rings. The molecule has 1 amide bonds. The van der Waals surface area contributed by atoms with Gasteiger partial charge in [0.15, 0.2) is 5.65 Å². The van der Waals surface area contributed by atoms with Crippen LogP contribution in [-0.4, -0.2) is 69.1 Å². The normalized spacial score (nSPS) is 21.2. The summed E-state index contributed by atoms with van der Waals surface area (Å²) in [6.07, 6.45) is 5.84. The lowest BCUT2D eigenvalue weighted by molar-refractivity contribution is -0.131. The smallest absolute Gasteiger partial charge is 0.238 e. The lowest BCUT2D eigenvalue weighted by Crippen LogP contribution is -2.63. The van der Waals surface area contributed by atoms with Crippen LogP contribution in [0.4, 0.5) is 0 Å². The SMILES string of the molecule is O=C1NCCN2CCN(Cc3cnc4c(-c5ccccc5)cnn4c3)C[C@@H]12. The monoisotopic (exact) mass is 362 g/mol. The number of nitrogens with one attached hydrogen (secondary N) is 1. The number of rotatable bonds is 3. The lowest BCUT2D eigenvalue weighted by atomic mass is 10.1. The van der Waals surface area contributed by atoms with Crippen LogP contribution in [0.2, 0.25) is 0 Å². The Bertz CT molecular complexity index is 969. The highest BCUT2D eigenvalue weighted by atomic mass is 16.2. The molecule has 1 aromatic carbocycles. The number of benzene rings is 1. The molecule has 1 atom stereocenters. The van der Waals surface area contributed by atoms with Crippen LogP contribution in [0.5, 0.6) is 0 Å². The molecule has 138 valence electrons. The molecule has 0 bridgehead atoms. The molecule has 2 aliphatic rings.